The molecule has 0 unspecified atom stereocenters. The third kappa shape index (κ3) is 5.40. The van der Waals surface area contributed by atoms with Crippen LogP contribution in [0.15, 0.2) is 72.9 Å². The normalized spacial score (nSPS) is 17.4. The van der Waals surface area contributed by atoms with Gasteiger partial charge in [0, 0.05) is 23.7 Å². The first kappa shape index (κ1) is 23.6. The molecule has 5 rings (SSSR count). The monoisotopic (exact) mass is 482 g/mol. The number of nitrogens with zero attached hydrogens (tertiary/aromatic N) is 2. The zero-order valence-electron chi connectivity index (χ0n) is 20.5. The third-order valence-electron chi connectivity index (χ3n) is 6.63. The van der Waals surface area contributed by atoms with Crippen LogP contribution in [0.1, 0.15) is 41.6 Å². The molecule has 7 nitrogen and oxygen atoms in total. The molecule has 4 aromatic rings. The summed E-state index contributed by atoms with van der Waals surface area (Å²) in [4.78, 5) is 22.2. The summed E-state index contributed by atoms with van der Waals surface area (Å²) in [6.07, 6.45) is 5.33. The Hall–Kier alpha value is -4.13. The van der Waals surface area contributed by atoms with Gasteiger partial charge in [-0.05, 0) is 86.7 Å². The van der Waals surface area contributed by atoms with Crippen molar-refractivity contribution in [3.05, 3.63) is 84.1 Å². The van der Waals surface area contributed by atoms with Gasteiger partial charge in [-0.3, -0.25) is 4.79 Å². The maximum Gasteiger partial charge on any atom is 0.257 e. The molecule has 0 spiro atoms. The van der Waals surface area contributed by atoms with E-state index in [1.54, 1.807) is 49.7 Å². The van der Waals surface area contributed by atoms with Gasteiger partial charge in [-0.25, -0.2) is 9.97 Å². The Morgan fingerprint density at radius 3 is 2.42 bits per heavy atom. The number of hydrogen-bond acceptors (Lipinski definition) is 6. The molecular weight excluding hydrogens is 452 g/mol. The SMILES string of the molecule is COc1ccc(Oc2ncccc2C(=O)NC2CCC(Nc3cc(C)c4ccccc4n3)CC2)cc1. The quantitative estimate of drug-likeness (QED) is 0.342. The number of aromatic nitrogens is 2. The van der Waals surface area contributed by atoms with Gasteiger partial charge < -0.3 is 20.1 Å². The van der Waals surface area contributed by atoms with E-state index in [4.69, 9.17) is 14.5 Å². The standard InChI is InChI=1S/C29H30N4O3/c1-19-18-27(33-26-8-4-3-6-24(19)26)31-20-9-11-21(12-10-20)32-28(34)25-7-5-17-30-29(25)36-23-15-13-22(35-2)14-16-23/h3-8,13-18,20-21H,9-12H2,1-2H3,(H,31,33)(H,32,34). The van der Waals surface area contributed by atoms with Crippen molar-refractivity contribution in [2.75, 3.05) is 12.4 Å². The second-order valence-corrected chi connectivity index (χ2v) is 9.14. The number of nitrogens with one attached hydrogen (secondary N) is 2. The van der Waals surface area contributed by atoms with E-state index >= 15 is 0 Å². The number of amides is 1. The minimum Gasteiger partial charge on any atom is -0.497 e. The first-order valence-corrected chi connectivity index (χ1v) is 12.3. The highest BCUT2D eigenvalue weighted by molar-refractivity contribution is 5.96. The molecule has 0 bridgehead atoms. The van der Waals surface area contributed by atoms with Crippen molar-refractivity contribution in [3.8, 4) is 17.4 Å². The number of aryl methyl sites for hydroxylation is 1. The molecule has 1 fully saturated rings. The Kier molecular flexibility index (Phi) is 6.98. The fourth-order valence-corrected chi connectivity index (χ4v) is 4.68. The van der Waals surface area contributed by atoms with Crippen LogP contribution in [0.5, 0.6) is 17.4 Å². The maximum absolute atomic E-state index is 13.1. The lowest BCUT2D eigenvalue weighted by Crippen LogP contribution is -2.40. The highest BCUT2D eigenvalue weighted by Crippen LogP contribution is 2.27. The van der Waals surface area contributed by atoms with Gasteiger partial charge >= 0.3 is 0 Å². The number of methoxy groups -OCH3 is 1. The fraction of sp³-hybridized carbons (Fsp3) is 0.276. The number of ether oxygens (including phenoxy) is 2. The molecule has 1 amide bonds. The van der Waals surface area contributed by atoms with Crippen molar-refractivity contribution in [1.82, 2.24) is 15.3 Å². The van der Waals surface area contributed by atoms with Crippen LogP contribution in [0, 0.1) is 6.92 Å². The van der Waals surface area contributed by atoms with Gasteiger partial charge in [0.2, 0.25) is 5.88 Å². The van der Waals surface area contributed by atoms with Gasteiger partial charge in [-0.15, -0.1) is 0 Å². The second-order valence-electron chi connectivity index (χ2n) is 9.14. The molecule has 2 aromatic heterocycles. The number of anilines is 1. The summed E-state index contributed by atoms with van der Waals surface area (Å²) in [6, 6.07) is 21.4. The highest BCUT2D eigenvalue weighted by Gasteiger charge is 2.24. The molecule has 184 valence electrons. The summed E-state index contributed by atoms with van der Waals surface area (Å²) in [5.41, 5.74) is 2.64. The van der Waals surface area contributed by atoms with E-state index in [1.165, 1.54) is 10.9 Å². The lowest BCUT2D eigenvalue weighted by Gasteiger charge is -2.30. The van der Waals surface area contributed by atoms with Crippen molar-refractivity contribution in [3.63, 3.8) is 0 Å². The molecule has 0 aliphatic heterocycles. The van der Waals surface area contributed by atoms with E-state index < -0.39 is 0 Å². The number of carbonyl (C=O) groups excluding carboxylic acids is 1. The Morgan fingerprint density at radius 1 is 0.917 bits per heavy atom. The van der Waals surface area contributed by atoms with Crippen LogP contribution in [-0.4, -0.2) is 35.1 Å². The summed E-state index contributed by atoms with van der Waals surface area (Å²) in [5, 5.41) is 7.96. The molecular formula is C29H30N4O3. The van der Waals surface area contributed by atoms with E-state index in [1.807, 2.05) is 18.2 Å². The van der Waals surface area contributed by atoms with E-state index in [9.17, 15) is 4.79 Å². The van der Waals surface area contributed by atoms with Crippen LogP contribution < -0.4 is 20.1 Å². The minimum atomic E-state index is -0.171. The first-order valence-electron chi connectivity index (χ1n) is 12.3. The lowest BCUT2D eigenvalue weighted by atomic mass is 9.91. The van der Waals surface area contributed by atoms with Gasteiger partial charge in [0.15, 0.2) is 0 Å². The van der Waals surface area contributed by atoms with Crippen molar-refractivity contribution >= 4 is 22.6 Å². The van der Waals surface area contributed by atoms with E-state index in [2.05, 4.69) is 34.7 Å². The predicted molar refractivity (Wildman–Crippen MR) is 141 cm³/mol. The predicted octanol–water partition coefficient (Wildman–Crippen LogP) is 5.89. The summed E-state index contributed by atoms with van der Waals surface area (Å²) in [6.45, 7) is 2.12. The van der Waals surface area contributed by atoms with Crippen LogP contribution in [0.3, 0.4) is 0 Å². The number of benzene rings is 2. The zero-order chi connectivity index (χ0) is 24.9. The molecule has 36 heavy (non-hydrogen) atoms. The number of rotatable bonds is 7. The van der Waals surface area contributed by atoms with Crippen molar-refractivity contribution in [2.24, 2.45) is 0 Å². The molecule has 2 heterocycles. The summed E-state index contributed by atoms with van der Waals surface area (Å²) in [7, 11) is 1.61. The van der Waals surface area contributed by atoms with Gasteiger partial charge in [-0.2, -0.15) is 0 Å². The summed E-state index contributed by atoms with van der Waals surface area (Å²) in [5.74, 6) is 2.35. The van der Waals surface area contributed by atoms with Crippen molar-refractivity contribution in [2.45, 2.75) is 44.7 Å². The molecule has 1 aliphatic carbocycles. The van der Waals surface area contributed by atoms with Gasteiger partial charge in [-0.1, -0.05) is 18.2 Å². The second kappa shape index (κ2) is 10.6. The molecule has 0 radical (unpaired) electrons. The fourth-order valence-electron chi connectivity index (χ4n) is 4.68. The molecule has 1 saturated carbocycles. The van der Waals surface area contributed by atoms with Crippen molar-refractivity contribution < 1.29 is 14.3 Å². The average molecular weight is 483 g/mol. The number of para-hydroxylation sites is 1. The number of carbonyl (C=O) groups is 1. The summed E-state index contributed by atoms with van der Waals surface area (Å²) >= 11 is 0. The van der Waals surface area contributed by atoms with Gasteiger partial charge in [0.05, 0.1) is 12.6 Å². The third-order valence-corrected chi connectivity index (χ3v) is 6.63. The number of pyridine rings is 2. The molecule has 2 aromatic carbocycles. The molecule has 2 N–H and O–H groups in total. The summed E-state index contributed by atoms with van der Waals surface area (Å²) < 4.78 is 11.1. The lowest BCUT2D eigenvalue weighted by molar-refractivity contribution is 0.0923. The Morgan fingerprint density at radius 2 is 1.64 bits per heavy atom. The van der Waals surface area contributed by atoms with Crippen LogP contribution in [0.4, 0.5) is 5.82 Å². The molecule has 0 saturated heterocycles. The zero-order valence-corrected chi connectivity index (χ0v) is 20.5. The van der Waals surface area contributed by atoms with Crippen LogP contribution in [0.2, 0.25) is 0 Å². The maximum atomic E-state index is 13.1. The van der Waals surface area contributed by atoms with Gasteiger partial charge in [0.25, 0.3) is 5.91 Å². The van der Waals surface area contributed by atoms with E-state index in [0.717, 1.165) is 42.8 Å². The van der Waals surface area contributed by atoms with Crippen LogP contribution >= 0.6 is 0 Å². The first-order chi connectivity index (χ1) is 17.6. The molecule has 1 aliphatic rings. The molecule has 0 atom stereocenters. The van der Waals surface area contributed by atoms with E-state index in [-0.39, 0.29) is 17.8 Å². The largest absolute Gasteiger partial charge is 0.497 e. The van der Waals surface area contributed by atoms with Crippen molar-refractivity contribution in [1.29, 1.82) is 0 Å². The smallest absolute Gasteiger partial charge is 0.257 e. The Balaban J connectivity index is 1.18. The minimum absolute atomic E-state index is 0.107. The Bertz CT molecular complexity index is 1350. The number of hydrogen-bond donors (Lipinski definition) is 2. The van der Waals surface area contributed by atoms with Crippen LogP contribution in [-0.2, 0) is 0 Å². The van der Waals surface area contributed by atoms with E-state index in [0.29, 0.717) is 17.4 Å². The molecule has 7 heteroatoms. The van der Waals surface area contributed by atoms with Crippen LogP contribution in [0.25, 0.3) is 10.9 Å². The van der Waals surface area contributed by atoms with Gasteiger partial charge in [0.1, 0.15) is 22.9 Å². The average Bonchev–Trinajstić information content (AvgIpc) is 2.90. The topological polar surface area (TPSA) is 85.4 Å². The highest BCUT2D eigenvalue weighted by atomic mass is 16.5. The Labute approximate surface area is 210 Å². The number of fused-ring (bicyclic) bond motifs is 1.